The van der Waals surface area contributed by atoms with Crippen molar-refractivity contribution < 1.29 is 19.4 Å². The molecule has 1 aromatic rings. The van der Waals surface area contributed by atoms with E-state index in [0.29, 0.717) is 38.5 Å². The second-order valence-corrected chi connectivity index (χ2v) is 6.12. The van der Waals surface area contributed by atoms with Crippen LogP contribution in [0.4, 0.5) is 0 Å². The maximum absolute atomic E-state index is 11.9. The van der Waals surface area contributed by atoms with E-state index in [2.05, 4.69) is 10.3 Å². The first-order chi connectivity index (χ1) is 11.0. The van der Waals surface area contributed by atoms with Crippen LogP contribution in [-0.2, 0) is 20.7 Å². The van der Waals surface area contributed by atoms with Crippen LogP contribution in [0.1, 0.15) is 37.8 Å². The Morgan fingerprint density at radius 3 is 2.74 bits per heavy atom. The van der Waals surface area contributed by atoms with Crippen molar-refractivity contribution in [1.29, 1.82) is 0 Å². The number of rotatable bonds is 6. The fraction of sp³-hybridized carbons (Fsp3) is 0.588. The molecule has 1 aliphatic rings. The lowest BCUT2D eigenvalue weighted by Crippen LogP contribution is -2.46. The number of hydrogen-bond donors (Lipinski definition) is 2. The van der Waals surface area contributed by atoms with Crippen LogP contribution in [0.3, 0.4) is 0 Å². The summed E-state index contributed by atoms with van der Waals surface area (Å²) in [6.45, 7) is 0.224. The van der Waals surface area contributed by atoms with Crippen LogP contribution < -0.4 is 5.32 Å². The minimum absolute atomic E-state index is 0.0980. The van der Waals surface area contributed by atoms with Gasteiger partial charge in [0, 0.05) is 24.9 Å². The first kappa shape index (κ1) is 17.4. The molecular formula is C17H24N2O4. The van der Waals surface area contributed by atoms with Gasteiger partial charge in [-0.1, -0.05) is 6.07 Å². The summed E-state index contributed by atoms with van der Waals surface area (Å²) in [5.74, 6) is -0.453. The Kier molecular flexibility index (Phi) is 6.10. The molecule has 1 amide bonds. The summed E-state index contributed by atoms with van der Waals surface area (Å²) in [7, 11) is 1.38. The van der Waals surface area contributed by atoms with Gasteiger partial charge in [-0.2, -0.15) is 0 Å². The standard InChI is InChI=1S/C17H24N2O4/c1-23-16(21)13-7-9-17(22,10-8-13)12-19-15(20)6-5-14-4-2-3-11-18-14/h2-4,11,13,22H,5-10,12H2,1H3,(H,19,20). The predicted octanol–water partition coefficient (Wildman–Crippen LogP) is 1.22. The SMILES string of the molecule is COC(=O)C1CCC(O)(CNC(=O)CCc2ccccn2)CC1. The summed E-state index contributed by atoms with van der Waals surface area (Å²) in [5, 5.41) is 13.3. The molecule has 0 aliphatic heterocycles. The number of hydrogen-bond acceptors (Lipinski definition) is 5. The van der Waals surface area contributed by atoms with E-state index in [-0.39, 0.29) is 24.3 Å². The molecule has 0 unspecified atom stereocenters. The number of nitrogens with one attached hydrogen (secondary N) is 1. The highest BCUT2D eigenvalue weighted by Crippen LogP contribution is 2.32. The summed E-state index contributed by atoms with van der Waals surface area (Å²) in [4.78, 5) is 27.6. The van der Waals surface area contributed by atoms with E-state index in [1.54, 1.807) is 6.20 Å². The molecule has 1 aromatic heterocycles. The van der Waals surface area contributed by atoms with E-state index in [1.807, 2.05) is 18.2 Å². The minimum Gasteiger partial charge on any atom is -0.469 e. The molecule has 2 rings (SSSR count). The number of nitrogens with zero attached hydrogens (tertiary/aromatic N) is 1. The van der Waals surface area contributed by atoms with E-state index in [0.717, 1.165) is 5.69 Å². The average Bonchev–Trinajstić information content (AvgIpc) is 2.59. The Labute approximate surface area is 136 Å². The third-order valence-corrected chi connectivity index (χ3v) is 4.40. The fourth-order valence-electron chi connectivity index (χ4n) is 2.87. The van der Waals surface area contributed by atoms with E-state index in [1.165, 1.54) is 7.11 Å². The van der Waals surface area contributed by atoms with Crippen LogP contribution in [0.15, 0.2) is 24.4 Å². The lowest BCUT2D eigenvalue weighted by atomic mass is 9.79. The third kappa shape index (κ3) is 5.32. The van der Waals surface area contributed by atoms with Crippen LogP contribution in [0.25, 0.3) is 0 Å². The molecule has 0 atom stereocenters. The Balaban J connectivity index is 1.71. The van der Waals surface area contributed by atoms with Gasteiger partial charge in [0.2, 0.25) is 5.91 Å². The summed E-state index contributed by atoms with van der Waals surface area (Å²) in [6, 6.07) is 5.61. The van der Waals surface area contributed by atoms with Gasteiger partial charge in [0.15, 0.2) is 0 Å². The van der Waals surface area contributed by atoms with Gasteiger partial charge >= 0.3 is 5.97 Å². The molecule has 1 saturated carbocycles. The number of pyridine rings is 1. The molecule has 0 radical (unpaired) electrons. The molecule has 1 heterocycles. The molecule has 6 heteroatoms. The van der Waals surface area contributed by atoms with Gasteiger partial charge in [-0.3, -0.25) is 14.6 Å². The maximum atomic E-state index is 11.9. The molecule has 0 bridgehead atoms. The van der Waals surface area contributed by atoms with Crippen LogP contribution in [0.2, 0.25) is 0 Å². The van der Waals surface area contributed by atoms with Crippen molar-refractivity contribution in [2.24, 2.45) is 5.92 Å². The number of amides is 1. The predicted molar refractivity (Wildman–Crippen MR) is 84.5 cm³/mol. The quantitative estimate of drug-likeness (QED) is 0.770. The number of aromatic nitrogens is 1. The zero-order valence-electron chi connectivity index (χ0n) is 13.5. The lowest BCUT2D eigenvalue weighted by molar-refractivity contribution is -0.148. The zero-order valence-corrected chi connectivity index (χ0v) is 13.5. The van der Waals surface area contributed by atoms with Crippen LogP contribution in [0.5, 0.6) is 0 Å². The Morgan fingerprint density at radius 2 is 2.13 bits per heavy atom. The van der Waals surface area contributed by atoms with E-state index in [4.69, 9.17) is 4.74 Å². The monoisotopic (exact) mass is 320 g/mol. The third-order valence-electron chi connectivity index (χ3n) is 4.40. The summed E-state index contributed by atoms with van der Waals surface area (Å²) in [6.07, 6.45) is 4.80. The van der Waals surface area contributed by atoms with Gasteiger partial charge in [-0.05, 0) is 44.2 Å². The zero-order chi connectivity index (χ0) is 16.7. The highest BCUT2D eigenvalue weighted by Gasteiger charge is 2.36. The molecule has 1 aliphatic carbocycles. The van der Waals surface area contributed by atoms with Crippen molar-refractivity contribution >= 4 is 11.9 Å². The highest BCUT2D eigenvalue weighted by atomic mass is 16.5. The van der Waals surface area contributed by atoms with Crippen molar-refractivity contribution in [3.05, 3.63) is 30.1 Å². The van der Waals surface area contributed by atoms with Crippen molar-refractivity contribution in [3.8, 4) is 0 Å². The molecule has 0 spiro atoms. The van der Waals surface area contributed by atoms with E-state index < -0.39 is 5.60 Å². The van der Waals surface area contributed by atoms with E-state index >= 15 is 0 Å². The van der Waals surface area contributed by atoms with Crippen LogP contribution in [-0.4, -0.2) is 41.2 Å². The second-order valence-electron chi connectivity index (χ2n) is 6.12. The van der Waals surface area contributed by atoms with Crippen molar-refractivity contribution in [2.45, 2.75) is 44.1 Å². The smallest absolute Gasteiger partial charge is 0.308 e. The van der Waals surface area contributed by atoms with Gasteiger partial charge < -0.3 is 15.2 Å². The topological polar surface area (TPSA) is 88.5 Å². The number of aryl methyl sites for hydroxylation is 1. The number of carbonyl (C=O) groups excluding carboxylic acids is 2. The highest BCUT2D eigenvalue weighted by molar-refractivity contribution is 5.76. The van der Waals surface area contributed by atoms with Crippen LogP contribution >= 0.6 is 0 Å². The van der Waals surface area contributed by atoms with Gasteiger partial charge in [0.1, 0.15) is 0 Å². The number of esters is 1. The maximum Gasteiger partial charge on any atom is 0.308 e. The molecule has 126 valence electrons. The molecule has 0 saturated heterocycles. The Morgan fingerprint density at radius 1 is 1.39 bits per heavy atom. The van der Waals surface area contributed by atoms with Crippen molar-refractivity contribution in [1.82, 2.24) is 10.3 Å². The Hall–Kier alpha value is -1.95. The van der Waals surface area contributed by atoms with E-state index in [9.17, 15) is 14.7 Å². The molecule has 23 heavy (non-hydrogen) atoms. The molecular weight excluding hydrogens is 296 g/mol. The summed E-state index contributed by atoms with van der Waals surface area (Å²) < 4.78 is 4.73. The lowest BCUT2D eigenvalue weighted by Gasteiger charge is -2.35. The number of aliphatic hydroxyl groups is 1. The Bertz CT molecular complexity index is 525. The normalized spacial score (nSPS) is 24.0. The van der Waals surface area contributed by atoms with Crippen molar-refractivity contribution in [2.75, 3.05) is 13.7 Å². The second kappa shape index (κ2) is 8.06. The fourth-order valence-corrected chi connectivity index (χ4v) is 2.87. The average molecular weight is 320 g/mol. The van der Waals surface area contributed by atoms with Gasteiger partial charge in [0.05, 0.1) is 18.6 Å². The van der Waals surface area contributed by atoms with Crippen molar-refractivity contribution in [3.63, 3.8) is 0 Å². The number of methoxy groups -OCH3 is 1. The van der Waals surface area contributed by atoms with Crippen LogP contribution in [0, 0.1) is 5.92 Å². The molecule has 0 aromatic carbocycles. The molecule has 6 nitrogen and oxygen atoms in total. The van der Waals surface area contributed by atoms with Gasteiger partial charge in [-0.15, -0.1) is 0 Å². The molecule has 1 fully saturated rings. The van der Waals surface area contributed by atoms with Gasteiger partial charge in [-0.25, -0.2) is 0 Å². The summed E-state index contributed by atoms with van der Waals surface area (Å²) in [5.41, 5.74) is -0.0505. The first-order valence-corrected chi connectivity index (χ1v) is 7.99. The first-order valence-electron chi connectivity index (χ1n) is 7.99. The number of ether oxygens (including phenoxy) is 1. The number of carbonyl (C=O) groups is 2. The largest absolute Gasteiger partial charge is 0.469 e. The molecule has 2 N–H and O–H groups in total. The minimum atomic E-state index is -0.925. The summed E-state index contributed by atoms with van der Waals surface area (Å²) >= 11 is 0. The van der Waals surface area contributed by atoms with Gasteiger partial charge in [0.25, 0.3) is 0 Å².